The lowest BCUT2D eigenvalue weighted by Gasteiger charge is -2.33. The van der Waals surface area contributed by atoms with Crippen LogP contribution >= 0.6 is 0 Å². The SMILES string of the molecule is COC(=O)C(C[C@@H]1CC(C)(C)NC1=O)NC(=O)[C@@H]1CC2(CCCCC2)CN1C(=O)OC(C)(C)C. The van der Waals surface area contributed by atoms with Crippen LogP contribution in [0.3, 0.4) is 0 Å². The van der Waals surface area contributed by atoms with Crippen molar-refractivity contribution in [2.45, 2.75) is 109 Å². The summed E-state index contributed by atoms with van der Waals surface area (Å²) in [6, 6.07) is -1.69. The van der Waals surface area contributed by atoms with Crippen LogP contribution in [0.4, 0.5) is 4.79 Å². The highest BCUT2D eigenvalue weighted by Gasteiger charge is 2.50. The number of amides is 3. The summed E-state index contributed by atoms with van der Waals surface area (Å²) in [6.45, 7) is 9.73. The van der Waals surface area contributed by atoms with Crippen molar-refractivity contribution in [1.29, 1.82) is 0 Å². The summed E-state index contributed by atoms with van der Waals surface area (Å²) >= 11 is 0. The second kappa shape index (κ2) is 9.74. The van der Waals surface area contributed by atoms with E-state index >= 15 is 0 Å². The van der Waals surface area contributed by atoms with Crippen molar-refractivity contribution in [3.63, 3.8) is 0 Å². The summed E-state index contributed by atoms with van der Waals surface area (Å²) in [7, 11) is 1.26. The minimum Gasteiger partial charge on any atom is -0.467 e. The first-order valence-corrected chi connectivity index (χ1v) is 12.4. The molecule has 9 heteroatoms. The van der Waals surface area contributed by atoms with E-state index in [0.29, 0.717) is 19.4 Å². The Bertz CT molecular complexity index is 812. The molecule has 1 saturated carbocycles. The van der Waals surface area contributed by atoms with Gasteiger partial charge in [-0.3, -0.25) is 14.5 Å². The molecule has 0 aromatic rings. The van der Waals surface area contributed by atoms with E-state index in [9.17, 15) is 19.2 Å². The van der Waals surface area contributed by atoms with E-state index in [-0.39, 0.29) is 23.3 Å². The van der Waals surface area contributed by atoms with Crippen LogP contribution in [0.15, 0.2) is 0 Å². The Hall–Kier alpha value is -2.32. The summed E-state index contributed by atoms with van der Waals surface area (Å²) in [4.78, 5) is 53.0. The van der Waals surface area contributed by atoms with E-state index in [1.54, 1.807) is 20.8 Å². The molecule has 3 fully saturated rings. The van der Waals surface area contributed by atoms with E-state index in [4.69, 9.17) is 9.47 Å². The molecule has 1 aliphatic carbocycles. The van der Waals surface area contributed by atoms with Gasteiger partial charge in [0.15, 0.2) is 0 Å². The van der Waals surface area contributed by atoms with E-state index in [0.717, 1.165) is 32.1 Å². The molecule has 9 nitrogen and oxygen atoms in total. The van der Waals surface area contributed by atoms with Crippen LogP contribution in [0.2, 0.25) is 0 Å². The number of carbonyl (C=O) groups excluding carboxylic acids is 4. The van der Waals surface area contributed by atoms with Crippen molar-refractivity contribution in [1.82, 2.24) is 15.5 Å². The highest BCUT2D eigenvalue weighted by molar-refractivity contribution is 5.91. The second-order valence-corrected chi connectivity index (χ2v) is 12.0. The molecule has 34 heavy (non-hydrogen) atoms. The van der Waals surface area contributed by atoms with Crippen LogP contribution in [-0.2, 0) is 23.9 Å². The maximum atomic E-state index is 13.5. The quantitative estimate of drug-likeness (QED) is 0.586. The Labute approximate surface area is 202 Å². The highest BCUT2D eigenvalue weighted by Crippen LogP contribution is 2.46. The highest BCUT2D eigenvalue weighted by atomic mass is 16.6. The Balaban J connectivity index is 1.77. The van der Waals surface area contributed by atoms with Crippen molar-refractivity contribution in [3.05, 3.63) is 0 Å². The molecule has 2 N–H and O–H groups in total. The van der Waals surface area contributed by atoms with E-state index < -0.39 is 41.6 Å². The number of nitrogens with one attached hydrogen (secondary N) is 2. The van der Waals surface area contributed by atoms with Crippen LogP contribution in [0, 0.1) is 11.3 Å². The van der Waals surface area contributed by atoms with Gasteiger partial charge in [0.05, 0.1) is 7.11 Å². The standard InChI is InChI=1S/C25H41N3O6/c1-23(2,3)34-22(32)28-15-25(10-8-7-9-11-25)14-18(28)20(30)26-17(21(31)33-6)12-16-13-24(4,5)27-19(16)29/h16-18H,7-15H2,1-6H3,(H,26,30)(H,27,29)/t16-,17?,18+/m1/s1. The van der Waals surface area contributed by atoms with Crippen LogP contribution in [0.25, 0.3) is 0 Å². The summed E-state index contributed by atoms with van der Waals surface area (Å²) < 4.78 is 10.5. The molecule has 3 aliphatic rings. The lowest BCUT2D eigenvalue weighted by atomic mass is 9.72. The van der Waals surface area contributed by atoms with E-state index in [2.05, 4.69) is 10.6 Å². The zero-order valence-electron chi connectivity index (χ0n) is 21.5. The largest absolute Gasteiger partial charge is 0.467 e. The summed E-state index contributed by atoms with van der Waals surface area (Å²) in [5.74, 6) is -1.54. The first kappa shape index (κ1) is 26.3. The van der Waals surface area contributed by atoms with Crippen molar-refractivity contribution in [2.24, 2.45) is 11.3 Å². The molecule has 0 aromatic carbocycles. The van der Waals surface area contributed by atoms with Crippen LogP contribution in [0.1, 0.15) is 86.0 Å². The average Bonchev–Trinajstić information content (AvgIpc) is 3.22. The number of ether oxygens (including phenoxy) is 2. The fourth-order valence-electron chi connectivity index (χ4n) is 5.76. The lowest BCUT2D eigenvalue weighted by molar-refractivity contribution is -0.146. The average molecular weight is 480 g/mol. The third-order valence-corrected chi connectivity index (χ3v) is 7.26. The molecule has 2 aliphatic heterocycles. The topological polar surface area (TPSA) is 114 Å². The fourth-order valence-corrected chi connectivity index (χ4v) is 5.76. The second-order valence-electron chi connectivity index (χ2n) is 12.0. The number of esters is 1. The van der Waals surface area contributed by atoms with E-state index in [1.165, 1.54) is 12.0 Å². The van der Waals surface area contributed by atoms with Crippen LogP contribution < -0.4 is 10.6 Å². The number of hydrogen-bond donors (Lipinski definition) is 2. The Morgan fingerprint density at radius 1 is 1.15 bits per heavy atom. The van der Waals surface area contributed by atoms with Gasteiger partial charge in [-0.05, 0) is 72.1 Å². The molecule has 2 heterocycles. The molecule has 3 rings (SSSR count). The number of methoxy groups -OCH3 is 1. The Kier molecular flexibility index (Phi) is 7.53. The van der Waals surface area contributed by atoms with Crippen molar-refractivity contribution >= 4 is 23.9 Å². The number of likely N-dealkylation sites (tertiary alicyclic amines) is 1. The van der Waals surface area contributed by atoms with Gasteiger partial charge in [0.2, 0.25) is 11.8 Å². The number of carbonyl (C=O) groups is 4. The minimum atomic E-state index is -0.967. The zero-order valence-corrected chi connectivity index (χ0v) is 21.5. The molecule has 0 aromatic heterocycles. The first-order valence-electron chi connectivity index (χ1n) is 12.4. The van der Waals surface area contributed by atoms with Gasteiger partial charge in [0.25, 0.3) is 0 Å². The van der Waals surface area contributed by atoms with Gasteiger partial charge < -0.3 is 20.1 Å². The molecule has 2 saturated heterocycles. The van der Waals surface area contributed by atoms with Crippen molar-refractivity contribution in [3.8, 4) is 0 Å². The smallest absolute Gasteiger partial charge is 0.410 e. The molecule has 3 atom stereocenters. The molecule has 1 spiro atoms. The van der Waals surface area contributed by atoms with Crippen molar-refractivity contribution < 1.29 is 28.7 Å². The van der Waals surface area contributed by atoms with Gasteiger partial charge in [-0.25, -0.2) is 9.59 Å². The van der Waals surface area contributed by atoms with Gasteiger partial charge in [0.1, 0.15) is 17.7 Å². The summed E-state index contributed by atoms with van der Waals surface area (Å²) in [6.07, 6.45) is 5.99. The third-order valence-electron chi connectivity index (χ3n) is 7.26. The van der Waals surface area contributed by atoms with Gasteiger partial charge in [-0.1, -0.05) is 19.3 Å². The number of hydrogen-bond acceptors (Lipinski definition) is 6. The predicted octanol–water partition coefficient (Wildman–Crippen LogP) is 2.91. The summed E-state index contributed by atoms with van der Waals surface area (Å²) in [5, 5.41) is 5.73. The van der Waals surface area contributed by atoms with Crippen LogP contribution in [0.5, 0.6) is 0 Å². The molecule has 192 valence electrons. The zero-order chi connectivity index (χ0) is 25.3. The minimum absolute atomic E-state index is 0.104. The molecular formula is C25H41N3O6. The number of nitrogens with zero attached hydrogens (tertiary/aromatic N) is 1. The summed E-state index contributed by atoms with van der Waals surface area (Å²) in [5.41, 5.74) is -1.15. The molecular weight excluding hydrogens is 438 g/mol. The molecule has 0 bridgehead atoms. The Morgan fingerprint density at radius 3 is 2.32 bits per heavy atom. The molecule has 1 unspecified atom stereocenters. The van der Waals surface area contributed by atoms with Crippen LogP contribution in [-0.4, -0.2) is 65.7 Å². The normalized spacial score (nSPS) is 26.6. The first-order chi connectivity index (χ1) is 15.7. The maximum absolute atomic E-state index is 13.5. The lowest BCUT2D eigenvalue weighted by Crippen LogP contribution is -2.52. The van der Waals surface area contributed by atoms with E-state index in [1.807, 2.05) is 13.8 Å². The monoisotopic (exact) mass is 479 g/mol. The predicted molar refractivity (Wildman–Crippen MR) is 126 cm³/mol. The number of rotatable bonds is 5. The molecule has 3 amide bonds. The van der Waals surface area contributed by atoms with Gasteiger partial charge in [-0.15, -0.1) is 0 Å². The van der Waals surface area contributed by atoms with Gasteiger partial charge in [0, 0.05) is 18.0 Å². The van der Waals surface area contributed by atoms with Gasteiger partial charge in [-0.2, -0.15) is 0 Å². The van der Waals surface area contributed by atoms with Gasteiger partial charge >= 0.3 is 12.1 Å². The Morgan fingerprint density at radius 2 is 1.79 bits per heavy atom. The fraction of sp³-hybridized carbons (Fsp3) is 0.840. The molecule has 0 radical (unpaired) electrons. The maximum Gasteiger partial charge on any atom is 0.410 e. The van der Waals surface area contributed by atoms with Crippen molar-refractivity contribution in [2.75, 3.05) is 13.7 Å². The third kappa shape index (κ3) is 6.21.